The summed E-state index contributed by atoms with van der Waals surface area (Å²) in [5.41, 5.74) is 2.44. The molecule has 0 radical (unpaired) electrons. The Morgan fingerprint density at radius 2 is 2.40 bits per heavy atom. The number of aromatic nitrogens is 2. The molecule has 6 heteroatoms. The molecule has 1 aliphatic carbocycles. The van der Waals surface area contributed by atoms with Gasteiger partial charge in [0, 0.05) is 24.3 Å². The topological polar surface area (TPSA) is 64.5 Å². The molecule has 1 aromatic heterocycles. The lowest BCUT2D eigenvalue weighted by atomic mass is 10.1. The van der Waals surface area contributed by atoms with Gasteiger partial charge >= 0.3 is 5.97 Å². The van der Waals surface area contributed by atoms with E-state index in [4.69, 9.17) is 9.47 Å². The molecule has 2 aliphatic rings. The Labute approximate surface area is 118 Å². The number of aryl methyl sites for hydroxylation is 1. The van der Waals surface area contributed by atoms with Gasteiger partial charge in [0.2, 0.25) is 0 Å². The summed E-state index contributed by atoms with van der Waals surface area (Å²) in [7, 11) is 1.40. The number of fused-ring (bicyclic) bond motifs is 1. The third-order valence-corrected chi connectivity index (χ3v) is 3.91. The molecule has 1 atom stereocenters. The molecule has 0 spiro atoms. The van der Waals surface area contributed by atoms with Crippen LogP contribution in [0, 0.1) is 0 Å². The Hall–Kier alpha value is -1.69. The molecular weight excluding hydrogens is 258 g/mol. The Bertz CT molecular complexity index is 506. The summed E-state index contributed by atoms with van der Waals surface area (Å²) in [5, 5.41) is 0. The van der Waals surface area contributed by atoms with Crippen LogP contribution in [0.1, 0.15) is 24.1 Å². The lowest BCUT2D eigenvalue weighted by molar-refractivity contribution is -0.144. The van der Waals surface area contributed by atoms with Gasteiger partial charge in [-0.15, -0.1) is 0 Å². The van der Waals surface area contributed by atoms with Crippen molar-refractivity contribution in [3.05, 3.63) is 17.6 Å². The first-order valence-electron chi connectivity index (χ1n) is 7.04. The van der Waals surface area contributed by atoms with Gasteiger partial charge in [-0.2, -0.15) is 0 Å². The molecule has 0 saturated carbocycles. The maximum atomic E-state index is 11.4. The fourth-order valence-corrected chi connectivity index (χ4v) is 2.92. The molecule has 0 N–H and O–H groups in total. The van der Waals surface area contributed by atoms with Crippen molar-refractivity contribution >= 4 is 11.8 Å². The molecule has 0 bridgehead atoms. The van der Waals surface area contributed by atoms with Gasteiger partial charge in [-0.1, -0.05) is 0 Å². The van der Waals surface area contributed by atoms with Gasteiger partial charge in [0.05, 0.1) is 26.2 Å². The third kappa shape index (κ3) is 2.60. The standard InChI is InChI=1S/C14H19N3O3/c1-19-13(18)7-10-8-17(5-6-20-10)14-11-3-2-4-12(11)15-9-16-14/h9-10H,2-8H2,1H3. The van der Waals surface area contributed by atoms with Gasteiger partial charge in [0.25, 0.3) is 0 Å². The number of nitrogens with zero attached hydrogens (tertiary/aromatic N) is 3. The Morgan fingerprint density at radius 1 is 1.50 bits per heavy atom. The highest BCUT2D eigenvalue weighted by Gasteiger charge is 2.27. The molecular formula is C14H19N3O3. The summed E-state index contributed by atoms with van der Waals surface area (Å²) in [5.74, 6) is 0.787. The van der Waals surface area contributed by atoms with Crippen LogP contribution in [0.5, 0.6) is 0 Å². The highest BCUT2D eigenvalue weighted by molar-refractivity contribution is 5.70. The minimum Gasteiger partial charge on any atom is -0.469 e. The quantitative estimate of drug-likeness (QED) is 0.759. The molecule has 1 unspecified atom stereocenters. The van der Waals surface area contributed by atoms with E-state index >= 15 is 0 Å². The molecule has 1 aliphatic heterocycles. The van der Waals surface area contributed by atoms with E-state index in [1.54, 1.807) is 6.33 Å². The zero-order valence-electron chi connectivity index (χ0n) is 11.7. The normalized spacial score (nSPS) is 21.6. The predicted octanol–water partition coefficient (Wildman–Crippen LogP) is 0.734. The predicted molar refractivity (Wildman–Crippen MR) is 72.6 cm³/mol. The second kappa shape index (κ2) is 5.75. The van der Waals surface area contributed by atoms with Crippen LogP contribution in [0.2, 0.25) is 0 Å². The summed E-state index contributed by atoms with van der Waals surface area (Å²) >= 11 is 0. The number of rotatable bonds is 3. The van der Waals surface area contributed by atoms with E-state index in [1.165, 1.54) is 18.4 Å². The van der Waals surface area contributed by atoms with Crippen molar-refractivity contribution in [1.29, 1.82) is 0 Å². The van der Waals surface area contributed by atoms with Crippen molar-refractivity contribution < 1.29 is 14.3 Å². The number of hydrogen-bond donors (Lipinski definition) is 0. The van der Waals surface area contributed by atoms with Crippen LogP contribution in [-0.4, -0.2) is 48.8 Å². The number of ether oxygens (including phenoxy) is 2. The van der Waals surface area contributed by atoms with E-state index in [9.17, 15) is 4.79 Å². The fraction of sp³-hybridized carbons (Fsp3) is 0.643. The van der Waals surface area contributed by atoms with Crippen LogP contribution < -0.4 is 4.90 Å². The summed E-state index contributed by atoms with van der Waals surface area (Å²) in [4.78, 5) is 22.4. The number of methoxy groups -OCH3 is 1. The zero-order valence-corrected chi connectivity index (χ0v) is 11.7. The fourth-order valence-electron chi connectivity index (χ4n) is 2.92. The van der Waals surface area contributed by atoms with Gasteiger partial charge in [0.1, 0.15) is 12.1 Å². The smallest absolute Gasteiger partial charge is 0.308 e. The van der Waals surface area contributed by atoms with E-state index in [0.717, 1.165) is 31.6 Å². The average Bonchev–Trinajstić information content (AvgIpc) is 2.95. The monoisotopic (exact) mass is 277 g/mol. The van der Waals surface area contributed by atoms with Gasteiger partial charge in [0.15, 0.2) is 0 Å². The Balaban J connectivity index is 1.74. The van der Waals surface area contributed by atoms with Crippen LogP contribution in [0.4, 0.5) is 5.82 Å². The molecule has 1 aromatic rings. The molecule has 6 nitrogen and oxygen atoms in total. The Kier molecular flexibility index (Phi) is 3.82. The average molecular weight is 277 g/mol. The number of hydrogen-bond acceptors (Lipinski definition) is 6. The molecule has 3 rings (SSSR count). The van der Waals surface area contributed by atoms with E-state index in [-0.39, 0.29) is 12.1 Å². The minimum atomic E-state index is -0.232. The lowest BCUT2D eigenvalue weighted by Gasteiger charge is -2.34. The maximum Gasteiger partial charge on any atom is 0.308 e. The largest absolute Gasteiger partial charge is 0.469 e. The van der Waals surface area contributed by atoms with Crippen LogP contribution in [0.25, 0.3) is 0 Å². The first kappa shape index (κ1) is 13.3. The number of carbonyl (C=O) groups excluding carboxylic acids is 1. The van der Waals surface area contributed by atoms with Crippen molar-refractivity contribution in [1.82, 2.24) is 9.97 Å². The number of carbonyl (C=O) groups is 1. The lowest BCUT2D eigenvalue weighted by Crippen LogP contribution is -2.44. The number of anilines is 1. The van der Waals surface area contributed by atoms with Crippen molar-refractivity contribution in [2.24, 2.45) is 0 Å². The summed E-state index contributed by atoms with van der Waals surface area (Å²) < 4.78 is 10.3. The first-order chi connectivity index (χ1) is 9.78. The van der Waals surface area contributed by atoms with Crippen LogP contribution >= 0.6 is 0 Å². The third-order valence-electron chi connectivity index (χ3n) is 3.91. The number of esters is 1. The van der Waals surface area contributed by atoms with E-state index < -0.39 is 0 Å². The van der Waals surface area contributed by atoms with E-state index in [1.807, 2.05) is 0 Å². The molecule has 108 valence electrons. The molecule has 20 heavy (non-hydrogen) atoms. The van der Waals surface area contributed by atoms with Crippen molar-refractivity contribution in [2.45, 2.75) is 31.8 Å². The van der Waals surface area contributed by atoms with Gasteiger partial charge < -0.3 is 14.4 Å². The zero-order chi connectivity index (χ0) is 13.9. The van der Waals surface area contributed by atoms with Gasteiger partial charge in [-0.25, -0.2) is 9.97 Å². The minimum absolute atomic E-state index is 0.122. The van der Waals surface area contributed by atoms with Crippen LogP contribution in [0.15, 0.2) is 6.33 Å². The highest BCUT2D eigenvalue weighted by Crippen LogP contribution is 2.29. The van der Waals surface area contributed by atoms with Crippen molar-refractivity contribution in [3.63, 3.8) is 0 Å². The van der Waals surface area contributed by atoms with Crippen LogP contribution in [0.3, 0.4) is 0 Å². The summed E-state index contributed by atoms with van der Waals surface area (Å²) in [6, 6.07) is 0. The van der Waals surface area contributed by atoms with Crippen molar-refractivity contribution in [2.75, 3.05) is 31.7 Å². The van der Waals surface area contributed by atoms with Gasteiger partial charge in [-0.3, -0.25) is 4.79 Å². The molecule has 0 amide bonds. The second-order valence-electron chi connectivity index (χ2n) is 5.20. The Morgan fingerprint density at radius 3 is 3.25 bits per heavy atom. The summed E-state index contributed by atoms with van der Waals surface area (Å²) in [6.45, 7) is 2.10. The first-order valence-corrected chi connectivity index (χ1v) is 7.04. The highest BCUT2D eigenvalue weighted by atomic mass is 16.5. The summed E-state index contributed by atoms with van der Waals surface area (Å²) in [6.07, 6.45) is 5.05. The van der Waals surface area contributed by atoms with Crippen molar-refractivity contribution in [3.8, 4) is 0 Å². The SMILES string of the molecule is COC(=O)CC1CN(c2ncnc3c2CCC3)CCO1. The van der Waals surface area contributed by atoms with Gasteiger partial charge in [-0.05, 0) is 19.3 Å². The van der Waals surface area contributed by atoms with E-state index in [0.29, 0.717) is 19.6 Å². The molecule has 0 aromatic carbocycles. The number of morpholine rings is 1. The molecule has 1 saturated heterocycles. The maximum absolute atomic E-state index is 11.4. The molecule has 2 heterocycles. The second-order valence-corrected chi connectivity index (χ2v) is 5.20. The molecule has 1 fully saturated rings. The van der Waals surface area contributed by atoms with Crippen LogP contribution in [-0.2, 0) is 27.1 Å². The van der Waals surface area contributed by atoms with E-state index in [2.05, 4.69) is 14.9 Å².